The maximum absolute atomic E-state index is 12.6. The number of halogens is 1. The molecule has 0 radical (unpaired) electrons. The Morgan fingerprint density at radius 2 is 1.69 bits per heavy atom. The number of nitrogens with one attached hydrogen (secondary N) is 1. The van der Waals surface area contributed by atoms with Crippen LogP contribution in [0, 0.1) is 0 Å². The third-order valence-corrected chi connectivity index (χ3v) is 7.11. The molecule has 0 bridgehead atoms. The lowest BCUT2D eigenvalue weighted by molar-refractivity contribution is -0.121. The van der Waals surface area contributed by atoms with Gasteiger partial charge >= 0.3 is 0 Å². The lowest BCUT2D eigenvalue weighted by Crippen LogP contribution is -2.56. The van der Waals surface area contributed by atoms with Gasteiger partial charge in [0.25, 0.3) is 10.2 Å². The van der Waals surface area contributed by atoms with Gasteiger partial charge in [0, 0.05) is 50.0 Å². The minimum absolute atomic E-state index is 0.118. The number of nitrogens with zero attached hydrogens (tertiary/aromatic N) is 3. The third-order valence-electron chi connectivity index (χ3n) is 4.67. The molecule has 146 valence electrons. The van der Waals surface area contributed by atoms with Gasteiger partial charge in [0.15, 0.2) is 0 Å². The van der Waals surface area contributed by atoms with E-state index in [4.69, 9.17) is 11.6 Å². The van der Waals surface area contributed by atoms with Gasteiger partial charge in [-0.25, -0.2) is 0 Å². The molecule has 1 N–H and O–H groups in total. The van der Waals surface area contributed by atoms with Crippen molar-refractivity contribution >= 4 is 33.4 Å². The lowest BCUT2D eigenvalue weighted by Gasteiger charge is -2.38. The minimum atomic E-state index is -3.42. The fourth-order valence-corrected chi connectivity index (χ4v) is 4.71. The zero-order valence-corrected chi connectivity index (χ0v) is 17.1. The average Bonchev–Trinajstić information content (AvgIpc) is 2.64. The lowest BCUT2D eigenvalue weighted by atomic mass is 10.2. The fraction of sp³-hybridized carbons (Fsp3) is 0.588. The van der Waals surface area contributed by atoms with Gasteiger partial charge in [0.05, 0.1) is 6.04 Å². The summed E-state index contributed by atoms with van der Waals surface area (Å²) in [5.74, 6) is -0.118. The Hall–Kier alpha value is -1.19. The fourth-order valence-electron chi connectivity index (χ4n) is 2.98. The Bertz CT molecular complexity index is 699. The van der Waals surface area contributed by atoms with Crippen LogP contribution < -0.4 is 5.32 Å². The molecule has 1 atom stereocenters. The minimum Gasteiger partial charge on any atom is -0.325 e. The predicted molar refractivity (Wildman–Crippen MR) is 105 cm³/mol. The second-order valence-corrected chi connectivity index (χ2v) is 8.56. The van der Waals surface area contributed by atoms with Crippen LogP contribution in [0.15, 0.2) is 24.3 Å². The summed E-state index contributed by atoms with van der Waals surface area (Å²) in [7, 11) is -3.42. The van der Waals surface area contributed by atoms with E-state index in [0.717, 1.165) is 0 Å². The Morgan fingerprint density at radius 1 is 1.15 bits per heavy atom. The molecular formula is C17H27ClN4O3S. The van der Waals surface area contributed by atoms with Crippen molar-refractivity contribution < 1.29 is 13.2 Å². The summed E-state index contributed by atoms with van der Waals surface area (Å²) in [5, 5.41) is 3.48. The zero-order chi connectivity index (χ0) is 19.3. The van der Waals surface area contributed by atoms with Gasteiger partial charge in [0.2, 0.25) is 5.91 Å². The van der Waals surface area contributed by atoms with Crippen molar-refractivity contribution in [1.82, 2.24) is 13.5 Å². The number of carbonyl (C=O) groups excluding carboxylic acids is 1. The molecule has 1 amide bonds. The number of carbonyl (C=O) groups is 1. The average molecular weight is 403 g/mol. The topological polar surface area (TPSA) is 73.0 Å². The van der Waals surface area contributed by atoms with Crippen LogP contribution in [0.2, 0.25) is 5.02 Å². The SMILES string of the molecule is CCN(CC)S(=O)(=O)N1CCN(C(C)C(=O)Nc2ccc(Cl)cc2)CC1. The van der Waals surface area contributed by atoms with Crippen molar-refractivity contribution in [1.29, 1.82) is 0 Å². The van der Waals surface area contributed by atoms with Crippen molar-refractivity contribution in [3.8, 4) is 0 Å². The molecule has 1 aliphatic rings. The normalized spacial score (nSPS) is 18.0. The predicted octanol–water partition coefficient (Wildman–Crippen LogP) is 1.87. The molecule has 0 aliphatic carbocycles. The first kappa shape index (κ1) is 21.1. The Labute approximate surface area is 161 Å². The van der Waals surface area contributed by atoms with Crippen LogP contribution in [0.3, 0.4) is 0 Å². The molecule has 1 heterocycles. The second kappa shape index (κ2) is 9.14. The molecule has 0 saturated carbocycles. The molecule has 9 heteroatoms. The molecule has 1 aliphatic heterocycles. The van der Waals surface area contributed by atoms with Crippen LogP contribution in [-0.4, -0.2) is 73.1 Å². The quantitative estimate of drug-likeness (QED) is 0.755. The number of piperazine rings is 1. The van der Waals surface area contributed by atoms with E-state index in [1.807, 2.05) is 25.7 Å². The Kier molecular flexibility index (Phi) is 7.42. The van der Waals surface area contributed by atoms with Crippen LogP contribution in [0.25, 0.3) is 0 Å². The Morgan fingerprint density at radius 3 is 2.19 bits per heavy atom. The molecule has 26 heavy (non-hydrogen) atoms. The highest BCUT2D eigenvalue weighted by Gasteiger charge is 2.33. The van der Waals surface area contributed by atoms with Crippen LogP contribution >= 0.6 is 11.6 Å². The van der Waals surface area contributed by atoms with Crippen molar-refractivity contribution in [2.24, 2.45) is 0 Å². The molecule has 1 aromatic rings. The van der Waals surface area contributed by atoms with Gasteiger partial charge in [-0.15, -0.1) is 0 Å². The first-order chi connectivity index (χ1) is 12.3. The van der Waals surface area contributed by atoms with E-state index >= 15 is 0 Å². The summed E-state index contributed by atoms with van der Waals surface area (Å²) in [6.07, 6.45) is 0. The highest BCUT2D eigenvalue weighted by molar-refractivity contribution is 7.86. The van der Waals surface area contributed by atoms with Crippen LogP contribution in [0.1, 0.15) is 20.8 Å². The maximum Gasteiger partial charge on any atom is 0.282 e. The summed E-state index contributed by atoms with van der Waals surface area (Å²) in [5.41, 5.74) is 0.689. The maximum atomic E-state index is 12.6. The van der Waals surface area contributed by atoms with Gasteiger partial charge in [-0.3, -0.25) is 9.69 Å². The number of rotatable bonds is 7. The molecule has 0 spiro atoms. The van der Waals surface area contributed by atoms with Crippen molar-refractivity contribution in [3.05, 3.63) is 29.3 Å². The van der Waals surface area contributed by atoms with Crippen molar-refractivity contribution in [2.45, 2.75) is 26.8 Å². The molecule has 0 aromatic heterocycles. The smallest absolute Gasteiger partial charge is 0.282 e. The first-order valence-electron chi connectivity index (χ1n) is 8.85. The highest BCUT2D eigenvalue weighted by atomic mass is 35.5. The van der Waals surface area contributed by atoms with Crippen molar-refractivity contribution in [2.75, 3.05) is 44.6 Å². The van der Waals surface area contributed by atoms with E-state index in [-0.39, 0.29) is 11.9 Å². The van der Waals surface area contributed by atoms with Crippen LogP contribution in [-0.2, 0) is 15.0 Å². The van der Waals surface area contributed by atoms with E-state index in [0.29, 0.717) is 50.0 Å². The van der Waals surface area contributed by atoms with E-state index in [1.165, 1.54) is 8.61 Å². The van der Waals surface area contributed by atoms with Gasteiger partial charge in [-0.2, -0.15) is 17.0 Å². The molecular weight excluding hydrogens is 376 g/mol. The zero-order valence-electron chi connectivity index (χ0n) is 15.5. The van der Waals surface area contributed by atoms with Gasteiger partial charge < -0.3 is 5.32 Å². The second-order valence-electron chi connectivity index (χ2n) is 6.20. The molecule has 1 unspecified atom stereocenters. The van der Waals surface area contributed by atoms with E-state index in [9.17, 15) is 13.2 Å². The van der Waals surface area contributed by atoms with E-state index < -0.39 is 10.2 Å². The monoisotopic (exact) mass is 402 g/mol. The van der Waals surface area contributed by atoms with E-state index in [1.54, 1.807) is 24.3 Å². The van der Waals surface area contributed by atoms with Crippen LogP contribution in [0.4, 0.5) is 5.69 Å². The Balaban J connectivity index is 1.92. The largest absolute Gasteiger partial charge is 0.325 e. The number of hydrogen-bond donors (Lipinski definition) is 1. The summed E-state index contributed by atoms with van der Waals surface area (Å²) >= 11 is 5.85. The number of benzene rings is 1. The molecule has 2 rings (SSSR count). The highest BCUT2D eigenvalue weighted by Crippen LogP contribution is 2.16. The molecule has 7 nitrogen and oxygen atoms in total. The number of hydrogen-bond acceptors (Lipinski definition) is 4. The summed E-state index contributed by atoms with van der Waals surface area (Å²) in [6, 6.07) is 6.60. The standard InChI is InChI=1S/C17H27ClN4O3S/c1-4-21(5-2)26(24,25)22-12-10-20(11-13-22)14(3)17(23)19-16-8-6-15(18)7-9-16/h6-9,14H,4-5,10-13H2,1-3H3,(H,19,23). The third kappa shape index (κ3) is 4.95. The van der Waals surface area contributed by atoms with Gasteiger partial charge in [-0.05, 0) is 31.2 Å². The first-order valence-corrected chi connectivity index (χ1v) is 10.6. The van der Waals surface area contributed by atoms with Crippen LogP contribution in [0.5, 0.6) is 0 Å². The summed E-state index contributed by atoms with van der Waals surface area (Å²) < 4.78 is 28.1. The molecule has 1 aromatic carbocycles. The summed E-state index contributed by atoms with van der Waals surface area (Å²) in [4.78, 5) is 14.4. The molecule has 1 fully saturated rings. The van der Waals surface area contributed by atoms with Crippen molar-refractivity contribution in [3.63, 3.8) is 0 Å². The summed E-state index contributed by atoms with van der Waals surface area (Å²) in [6.45, 7) is 8.23. The number of amides is 1. The van der Waals surface area contributed by atoms with Gasteiger partial charge in [0.1, 0.15) is 0 Å². The number of anilines is 1. The molecule has 1 saturated heterocycles. The van der Waals surface area contributed by atoms with E-state index in [2.05, 4.69) is 5.32 Å². The van der Waals surface area contributed by atoms with Gasteiger partial charge in [-0.1, -0.05) is 25.4 Å².